The number of hydrogen-bond donors (Lipinski definition) is 1. The normalized spacial score (nSPS) is 20.7. The van der Waals surface area contributed by atoms with E-state index in [0.29, 0.717) is 12.0 Å². The van der Waals surface area contributed by atoms with Gasteiger partial charge in [0.15, 0.2) is 0 Å². The second kappa shape index (κ2) is 6.21. The lowest BCUT2D eigenvalue weighted by Gasteiger charge is -2.37. The average molecular weight is 281 g/mol. The minimum Gasteiger partial charge on any atom is -0.497 e. The highest BCUT2D eigenvalue weighted by Gasteiger charge is 2.30. The number of nitrogens with one attached hydrogen (secondary N) is 1. The molecule has 0 aromatic heterocycles. The van der Waals surface area contributed by atoms with Crippen LogP contribution in [0.4, 0.5) is 5.69 Å². The van der Waals surface area contributed by atoms with Crippen LogP contribution in [0.25, 0.3) is 0 Å². The first-order chi connectivity index (χ1) is 10.3. The predicted molar refractivity (Wildman–Crippen MR) is 88.2 cm³/mol. The molecule has 2 aromatic rings. The summed E-state index contributed by atoms with van der Waals surface area (Å²) < 4.78 is 5.21. The second-order valence-corrected chi connectivity index (χ2v) is 5.84. The number of anilines is 1. The third kappa shape index (κ3) is 3.21. The second-order valence-electron chi connectivity index (χ2n) is 5.84. The van der Waals surface area contributed by atoms with Crippen LogP contribution in [0.15, 0.2) is 48.5 Å². The van der Waals surface area contributed by atoms with Crippen molar-refractivity contribution in [2.24, 2.45) is 0 Å². The lowest BCUT2D eigenvalue weighted by molar-refractivity contribution is 0.373. The molecule has 0 spiro atoms. The fourth-order valence-electron chi connectivity index (χ4n) is 3.00. The molecule has 1 N–H and O–H groups in total. The van der Waals surface area contributed by atoms with Gasteiger partial charge in [-0.2, -0.15) is 0 Å². The molecular weight excluding hydrogens is 258 g/mol. The molecule has 2 aromatic carbocycles. The number of hydrogen-bond acceptors (Lipinski definition) is 2. The highest BCUT2D eigenvalue weighted by molar-refractivity contribution is 5.47. The minimum atomic E-state index is 0.601. The van der Waals surface area contributed by atoms with Gasteiger partial charge >= 0.3 is 0 Å². The van der Waals surface area contributed by atoms with Gasteiger partial charge in [-0.05, 0) is 60.6 Å². The molecule has 110 valence electrons. The number of rotatable bonds is 5. The third-order valence-electron chi connectivity index (χ3n) is 4.43. The zero-order chi connectivity index (χ0) is 14.7. The lowest BCUT2D eigenvalue weighted by Crippen LogP contribution is -2.33. The quantitative estimate of drug-likeness (QED) is 0.863. The van der Waals surface area contributed by atoms with Gasteiger partial charge in [0.25, 0.3) is 0 Å². The fourth-order valence-corrected chi connectivity index (χ4v) is 3.00. The number of aryl methyl sites for hydroxylation is 1. The molecule has 0 amide bonds. The Labute approximate surface area is 127 Å². The van der Waals surface area contributed by atoms with Crippen LogP contribution in [-0.4, -0.2) is 13.2 Å². The monoisotopic (exact) mass is 281 g/mol. The summed E-state index contributed by atoms with van der Waals surface area (Å²) in [4.78, 5) is 0. The zero-order valence-electron chi connectivity index (χ0n) is 12.8. The Kier molecular flexibility index (Phi) is 4.14. The molecule has 0 heterocycles. The van der Waals surface area contributed by atoms with Gasteiger partial charge in [-0.15, -0.1) is 0 Å². The number of benzene rings is 2. The van der Waals surface area contributed by atoms with Crippen molar-refractivity contribution in [1.29, 1.82) is 0 Å². The molecular formula is C19H23NO. The van der Waals surface area contributed by atoms with Gasteiger partial charge in [0, 0.05) is 11.7 Å². The molecule has 3 rings (SSSR count). The smallest absolute Gasteiger partial charge is 0.118 e. The van der Waals surface area contributed by atoms with Gasteiger partial charge in [-0.3, -0.25) is 0 Å². The van der Waals surface area contributed by atoms with Crippen LogP contribution in [-0.2, 0) is 6.42 Å². The largest absolute Gasteiger partial charge is 0.497 e. The van der Waals surface area contributed by atoms with Crippen LogP contribution < -0.4 is 10.1 Å². The third-order valence-corrected chi connectivity index (χ3v) is 4.43. The number of methoxy groups -OCH3 is 1. The van der Waals surface area contributed by atoms with Gasteiger partial charge in [-0.25, -0.2) is 0 Å². The van der Waals surface area contributed by atoms with Crippen molar-refractivity contribution in [1.82, 2.24) is 0 Å². The molecule has 0 aliphatic heterocycles. The van der Waals surface area contributed by atoms with Crippen LogP contribution >= 0.6 is 0 Å². The molecule has 2 nitrogen and oxygen atoms in total. The molecule has 2 heteroatoms. The Balaban J connectivity index is 1.55. The van der Waals surface area contributed by atoms with E-state index >= 15 is 0 Å². The molecule has 0 unspecified atom stereocenters. The van der Waals surface area contributed by atoms with Gasteiger partial charge in [0.2, 0.25) is 0 Å². The number of ether oxygens (including phenoxy) is 1. The van der Waals surface area contributed by atoms with Crippen LogP contribution in [0, 0.1) is 0 Å². The van der Waals surface area contributed by atoms with E-state index in [1.807, 2.05) is 0 Å². The Bertz CT molecular complexity index is 585. The summed E-state index contributed by atoms with van der Waals surface area (Å²) >= 11 is 0. The molecule has 0 saturated heterocycles. The Morgan fingerprint density at radius 2 is 1.86 bits per heavy atom. The van der Waals surface area contributed by atoms with Crippen molar-refractivity contribution < 1.29 is 4.74 Å². The maximum atomic E-state index is 5.21. The SMILES string of the molecule is CCc1cccc(NC2CC(c3ccc(OC)cc3)C2)c1. The molecule has 1 saturated carbocycles. The standard InChI is InChI=1S/C19H23NO/c1-3-14-5-4-6-17(11-14)20-18-12-16(13-18)15-7-9-19(21-2)10-8-15/h4-11,16,18,20H,3,12-13H2,1-2H3. The highest BCUT2D eigenvalue weighted by Crippen LogP contribution is 2.39. The topological polar surface area (TPSA) is 21.3 Å². The van der Waals surface area contributed by atoms with Crippen molar-refractivity contribution in [3.8, 4) is 5.75 Å². The maximum Gasteiger partial charge on any atom is 0.118 e. The van der Waals surface area contributed by atoms with Gasteiger partial charge in [-0.1, -0.05) is 31.2 Å². The molecule has 21 heavy (non-hydrogen) atoms. The summed E-state index contributed by atoms with van der Waals surface area (Å²) in [6.45, 7) is 2.20. The first-order valence-corrected chi connectivity index (χ1v) is 7.78. The van der Waals surface area contributed by atoms with Crippen molar-refractivity contribution in [2.45, 2.75) is 38.1 Å². The van der Waals surface area contributed by atoms with Crippen molar-refractivity contribution in [3.05, 3.63) is 59.7 Å². The highest BCUT2D eigenvalue weighted by atomic mass is 16.5. The Morgan fingerprint density at radius 3 is 2.52 bits per heavy atom. The van der Waals surface area contributed by atoms with Gasteiger partial charge < -0.3 is 10.1 Å². The van der Waals surface area contributed by atoms with Gasteiger partial charge in [0.05, 0.1) is 7.11 Å². The summed E-state index contributed by atoms with van der Waals surface area (Å²) in [7, 11) is 1.71. The Morgan fingerprint density at radius 1 is 1.10 bits per heavy atom. The molecule has 1 aliphatic rings. The van der Waals surface area contributed by atoms with Crippen molar-refractivity contribution in [2.75, 3.05) is 12.4 Å². The van der Waals surface area contributed by atoms with Gasteiger partial charge in [0.1, 0.15) is 5.75 Å². The first-order valence-electron chi connectivity index (χ1n) is 7.78. The summed E-state index contributed by atoms with van der Waals surface area (Å²) in [5.41, 5.74) is 4.08. The molecule has 1 fully saturated rings. The van der Waals surface area contributed by atoms with Crippen molar-refractivity contribution >= 4 is 5.69 Å². The van der Waals surface area contributed by atoms with E-state index in [4.69, 9.17) is 4.74 Å². The van der Waals surface area contributed by atoms with E-state index in [2.05, 4.69) is 60.8 Å². The van der Waals surface area contributed by atoms with E-state index in [9.17, 15) is 0 Å². The lowest BCUT2D eigenvalue weighted by atomic mass is 9.76. The van der Waals surface area contributed by atoms with E-state index in [-0.39, 0.29) is 0 Å². The zero-order valence-corrected chi connectivity index (χ0v) is 12.8. The van der Waals surface area contributed by atoms with E-state index in [0.717, 1.165) is 12.2 Å². The molecule has 0 bridgehead atoms. The summed E-state index contributed by atoms with van der Waals surface area (Å²) in [5, 5.41) is 3.65. The minimum absolute atomic E-state index is 0.601. The van der Waals surface area contributed by atoms with E-state index in [1.165, 1.54) is 29.7 Å². The van der Waals surface area contributed by atoms with E-state index < -0.39 is 0 Å². The summed E-state index contributed by atoms with van der Waals surface area (Å²) in [5.74, 6) is 1.62. The molecule has 0 radical (unpaired) electrons. The molecule has 0 atom stereocenters. The summed E-state index contributed by atoms with van der Waals surface area (Å²) in [6, 6.07) is 17.9. The predicted octanol–water partition coefficient (Wildman–Crippen LogP) is 4.62. The fraction of sp³-hybridized carbons (Fsp3) is 0.368. The van der Waals surface area contributed by atoms with Crippen molar-refractivity contribution in [3.63, 3.8) is 0 Å². The van der Waals surface area contributed by atoms with E-state index in [1.54, 1.807) is 7.11 Å². The first kappa shape index (κ1) is 14.0. The average Bonchev–Trinajstić information content (AvgIpc) is 2.51. The Hall–Kier alpha value is -1.96. The van der Waals surface area contributed by atoms with Crippen LogP contribution in [0.2, 0.25) is 0 Å². The van der Waals surface area contributed by atoms with Crippen LogP contribution in [0.5, 0.6) is 5.75 Å². The molecule has 1 aliphatic carbocycles. The van der Waals surface area contributed by atoms with Crippen LogP contribution in [0.1, 0.15) is 36.8 Å². The maximum absolute atomic E-state index is 5.21. The van der Waals surface area contributed by atoms with Crippen LogP contribution in [0.3, 0.4) is 0 Å². The summed E-state index contributed by atoms with van der Waals surface area (Å²) in [6.07, 6.45) is 3.51.